The quantitative estimate of drug-likeness (QED) is 0.407. The number of halogens is 3. The number of ether oxygens (including phenoxy) is 1. The highest BCUT2D eigenvalue weighted by Crippen LogP contribution is 2.31. The molecule has 182 valence electrons. The molecule has 0 unspecified atom stereocenters. The van der Waals surface area contributed by atoms with E-state index in [0.29, 0.717) is 42.0 Å². The third-order valence-corrected chi connectivity index (χ3v) is 4.92. The van der Waals surface area contributed by atoms with E-state index in [-0.39, 0.29) is 11.5 Å². The summed E-state index contributed by atoms with van der Waals surface area (Å²) in [6.45, 7) is 2.68. The standard InChI is InChI=1S/C23H17F3N8O2/c1-2-19(35)31-16-3-4-17-18(7-16)32-22(36-13-23(24,25)26)33-20(17)34-6-5-14(12-34)9-28-21-29-10-15(8-27)11-30-21/h2-4,7,10-11H,1,5-6,12-13H2,(H,31,35). The molecule has 1 amide bonds. The van der Waals surface area contributed by atoms with Crippen LogP contribution in [0.3, 0.4) is 0 Å². The van der Waals surface area contributed by atoms with Crippen molar-refractivity contribution in [1.82, 2.24) is 19.9 Å². The van der Waals surface area contributed by atoms with Crippen LogP contribution in [-0.2, 0) is 4.79 Å². The number of amides is 1. The van der Waals surface area contributed by atoms with Crippen molar-refractivity contribution in [2.75, 3.05) is 29.9 Å². The fraction of sp³-hybridized carbons (Fsp3) is 0.217. The number of benzene rings is 1. The lowest BCUT2D eigenvalue weighted by Crippen LogP contribution is -2.23. The van der Waals surface area contributed by atoms with Gasteiger partial charge in [-0.05, 0) is 36.6 Å². The van der Waals surface area contributed by atoms with Crippen molar-refractivity contribution in [1.29, 1.82) is 5.26 Å². The fourth-order valence-electron chi connectivity index (χ4n) is 3.31. The summed E-state index contributed by atoms with van der Waals surface area (Å²) >= 11 is 0. The third kappa shape index (κ3) is 5.99. The van der Waals surface area contributed by atoms with Crippen LogP contribution >= 0.6 is 0 Å². The first kappa shape index (κ1) is 24.3. The van der Waals surface area contributed by atoms with Crippen LogP contribution < -0.4 is 15.0 Å². The molecule has 3 aromatic rings. The molecule has 0 bridgehead atoms. The van der Waals surface area contributed by atoms with Gasteiger partial charge in [-0.3, -0.25) is 4.79 Å². The minimum atomic E-state index is -4.56. The summed E-state index contributed by atoms with van der Waals surface area (Å²) in [5.41, 5.74) is 1.77. The molecule has 1 aliphatic rings. The number of aliphatic imine (C=N–C) groups is 1. The second kappa shape index (κ2) is 10.2. The lowest BCUT2D eigenvalue weighted by molar-refractivity contribution is -0.154. The van der Waals surface area contributed by atoms with Crippen molar-refractivity contribution >= 4 is 40.1 Å². The number of rotatable bonds is 6. The first-order valence-electron chi connectivity index (χ1n) is 10.5. The van der Waals surface area contributed by atoms with Gasteiger partial charge in [0.15, 0.2) is 6.61 Å². The minimum absolute atomic E-state index is 0.143. The molecule has 36 heavy (non-hydrogen) atoms. The molecule has 4 rings (SSSR count). The smallest absolute Gasteiger partial charge is 0.422 e. The second-order valence-corrected chi connectivity index (χ2v) is 7.54. The lowest BCUT2D eigenvalue weighted by Gasteiger charge is -2.19. The first-order valence-corrected chi connectivity index (χ1v) is 10.5. The maximum atomic E-state index is 12.7. The van der Waals surface area contributed by atoms with E-state index in [2.05, 4.69) is 42.7 Å². The van der Waals surface area contributed by atoms with E-state index in [1.165, 1.54) is 18.5 Å². The predicted molar refractivity (Wildman–Crippen MR) is 124 cm³/mol. The Bertz CT molecular complexity index is 1420. The summed E-state index contributed by atoms with van der Waals surface area (Å²) in [6, 6.07) is 6.28. The monoisotopic (exact) mass is 494 g/mol. The van der Waals surface area contributed by atoms with Gasteiger partial charge in [0.05, 0.1) is 23.5 Å². The Labute approximate surface area is 202 Å². The van der Waals surface area contributed by atoms with Gasteiger partial charge in [0.1, 0.15) is 11.9 Å². The number of nitrogens with zero attached hydrogens (tertiary/aromatic N) is 7. The minimum Gasteiger partial charge on any atom is -0.454 e. The number of anilines is 2. The maximum Gasteiger partial charge on any atom is 0.422 e. The van der Waals surface area contributed by atoms with Gasteiger partial charge in [-0.2, -0.15) is 33.4 Å². The SMILES string of the molecule is C=CC(=O)Nc1ccc2c(N3CCC(=C=Nc4ncc(C#N)cn4)C3)nc(OCC(F)(F)F)nc2c1. The van der Waals surface area contributed by atoms with Crippen molar-refractivity contribution < 1.29 is 22.7 Å². The zero-order valence-electron chi connectivity index (χ0n) is 18.6. The van der Waals surface area contributed by atoms with E-state index in [9.17, 15) is 18.0 Å². The van der Waals surface area contributed by atoms with Gasteiger partial charge >= 0.3 is 12.2 Å². The van der Waals surface area contributed by atoms with Crippen LogP contribution in [0.1, 0.15) is 12.0 Å². The highest BCUT2D eigenvalue weighted by atomic mass is 19.4. The molecule has 0 spiro atoms. The number of aromatic nitrogens is 4. The van der Waals surface area contributed by atoms with Crippen LogP contribution in [0.25, 0.3) is 10.9 Å². The molecule has 1 saturated heterocycles. The molecule has 1 aromatic carbocycles. The number of nitriles is 1. The van der Waals surface area contributed by atoms with Crippen LogP contribution in [0.2, 0.25) is 0 Å². The average molecular weight is 494 g/mol. The Morgan fingerprint density at radius 1 is 1.31 bits per heavy atom. The number of fused-ring (bicyclic) bond motifs is 1. The van der Waals surface area contributed by atoms with Crippen molar-refractivity contribution in [3.05, 3.63) is 54.4 Å². The molecule has 3 heterocycles. The zero-order chi connectivity index (χ0) is 25.7. The van der Waals surface area contributed by atoms with Crippen molar-refractivity contribution in [3.8, 4) is 12.1 Å². The number of alkyl halides is 3. The fourth-order valence-corrected chi connectivity index (χ4v) is 3.31. The summed E-state index contributed by atoms with van der Waals surface area (Å²) in [5.74, 6) is 2.95. The number of nitrogens with one attached hydrogen (secondary N) is 1. The van der Waals surface area contributed by atoms with Gasteiger partial charge in [0.2, 0.25) is 5.91 Å². The Morgan fingerprint density at radius 3 is 2.78 bits per heavy atom. The lowest BCUT2D eigenvalue weighted by atomic mass is 10.2. The van der Waals surface area contributed by atoms with E-state index in [1.807, 2.05) is 11.0 Å². The number of carbonyl (C=O) groups is 1. The maximum absolute atomic E-state index is 12.7. The Hall–Kier alpha value is -4.82. The molecule has 1 N–H and O–H groups in total. The topological polar surface area (TPSA) is 129 Å². The number of hydrogen-bond donors (Lipinski definition) is 1. The summed E-state index contributed by atoms with van der Waals surface area (Å²) in [7, 11) is 0. The molecule has 1 aliphatic heterocycles. The van der Waals surface area contributed by atoms with Gasteiger partial charge in [-0.1, -0.05) is 6.58 Å². The molecular formula is C23H17F3N8O2. The van der Waals surface area contributed by atoms with Gasteiger partial charge in [0, 0.05) is 29.7 Å². The van der Waals surface area contributed by atoms with E-state index in [1.54, 1.807) is 12.1 Å². The van der Waals surface area contributed by atoms with Gasteiger partial charge < -0.3 is 15.0 Å². The molecule has 10 nitrogen and oxygen atoms in total. The van der Waals surface area contributed by atoms with Gasteiger partial charge in [-0.15, -0.1) is 0 Å². The molecule has 0 aliphatic carbocycles. The first-order chi connectivity index (χ1) is 17.2. The van der Waals surface area contributed by atoms with E-state index < -0.39 is 24.7 Å². The molecule has 0 saturated carbocycles. The molecule has 2 aromatic heterocycles. The number of hydrogen-bond acceptors (Lipinski definition) is 9. The molecule has 0 atom stereocenters. The summed E-state index contributed by atoms with van der Waals surface area (Å²) in [5, 5.41) is 12.0. The van der Waals surface area contributed by atoms with Crippen molar-refractivity contribution in [2.24, 2.45) is 4.99 Å². The van der Waals surface area contributed by atoms with Gasteiger partial charge in [-0.25, -0.2) is 9.97 Å². The zero-order valence-corrected chi connectivity index (χ0v) is 18.6. The van der Waals surface area contributed by atoms with Crippen LogP contribution in [0, 0.1) is 11.3 Å². The van der Waals surface area contributed by atoms with E-state index in [0.717, 1.165) is 11.6 Å². The number of carbonyl (C=O) groups excluding carboxylic acids is 1. The molecule has 13 heteroatoms. The van der Waals surface area contributed by atoms with Crippen molar-refractivity contribution in [2.45, 2.75) is 12.6 Å². The van der Waals surface area contributed by atoms with Gasteiger partial charge in [0.25, 0.3) is 5.95 Å². The summed E-state index contributed by atoms with van der Waals surface area (Å²) < 4.78 is 43.0. The summed E-state index contributed by atoms with van der Waals surface area (Å²) in [6.07, 6.45) is -0.208. The normalized spacial score (nSPS) is 13.2. The average Bonchev–Trinajstić information content (AvgIpc) is 3.34. The molecule has 0 radical (unpaired) electrons. The van der Waals surface area contributed by atoms with Crippen LogP contribution in [0.4, 0.5) is 30.6 Å². The predicted octanol–water partition coefficient (Wildman–Crippen LogP) is 3.49. The Balaban J connectivity index is 1.65. The largest absolute Gasteiger partial charge is 0.454 e. The van der Waals surface area contributed by atoms with E-state index >= 15 is 0 Å². The highest BCUT2D eigenvalue weighted by molar-refractivity contribution is 6.01. The Morgan fingerprint density at radius 2 is 2.08 bits per heavy atom. The molecular weight excluding hydrogens is 477 g/mol. The van der Waals surface area contributed by atoms with Crippen LogP contribution in [0.5, 0.6) is 6.01 Å². The van der Waals surface area contributed by atoms with Crippen LogP contribution in [0.15, 0.2) is 53.8 Å². The Kier molecular flexibility index (Phi) is 6.89. The second-order valence-electron chi connectivity index (χ2n) is 7.54. The third-order valence-electron chi connectivity index (χ3n) is 4.92. The van der Waals surface area contributed by atoms with Crippen molar-refractivity contribution in [3.63, 3.8) is 0 Å². The van der Waals surface area contributed by atoms with E-state index in [4.69, 9.17) is 10.00 Å². The molecule has 1 fully saturated rings. The highest BCUT2D eigenvalue weighted by Gasteiger charge is 2.30. The van der Waals surface area contributed by atoms with Crippen LogP contribution in [-0.4, -0.2) is 57.6 Å². The summed E-state index contributed by atoms with van der Waals surface area (Å²) in [4.78, 5) is 33.8.